The molecule has 5 rings (SSSR count). The Kier molecular flexibility index (Phi) is 2.40. The molecule has 17 heavy (non-hydrogen) atoms. The lowest BCUT2D eigenvalue weighted by atomic mass is 9.44. The van der Waals surface area contributed by atoms with Crippen molar-refractivity contribution in [2.75, 3.05) is 0 Å². The van der Waals surface area contributed by atoms with Gasteiger partial charge in [-0.05, 0) is 67.1 Å². The summed E-state index contributed by atoms with van der Waals surface area (Å²) in [5, 5.41) is 0. The molecule has 5 saturated carbocycles. The zero-order valence-corrected chi connectivity index (χ0v) is 11.5. The van der Waals surface area contributed by atoms with E-state index in [1.165, 1.54) is 12.3 Å². The van der Waals surface area contributed by atoms with Gasteiger partial charge in [0.05, 0.1) is 0 Å². The zero-order chi connectivity index (χ0) is 11.5. The highest BCUT2D eigenvalue weighted by Crippen LogP contribution is 2.64. The van der Waals surface area contributed by atoms with Crippen molar-refractivity contribution in [1.29, 1.82) is 0 Å². The van der Waals surface area contributed by atoms with Crippen molar-refractivity contribution in [1.82, 2.24) is 0 Å². The van der Waals surface area contributed by atoms with Crippen LogP contribution in [-0.2, 0) is 0 Å². The van der Waals surface area contributed by atoms with E-state index in [1.54, 1.807) is 57.8 Å². The lowest BCUT2D eigenvalue weighted by Crippen LogP contribution is -2.52. The summed E-state index contributed by atoms with van der Waals surface area (Å²) < 4.78 is 0. The normalized spacial score (nSPS) is 54.2. The predicted molar refractivity (Wildman–Crippen MR) is 71.7 cm³/mol. The van der Waals surface area contributed by atoms with Crippen molar-refractivity contribution in [3.63, 3.8) is 0 Å². The van der Waals surface area contributed by atoms with Crippen molar-refractivity contribution in [2.45, 2.75) is 71.1 Å². The molecule has 5 atom stereocenters. The molecule has 0 heteroatoms. The van der Waals surface area contributed by atoms with Gasteiger partial charge in [-0.25, -0.2) is 0 Å². The minimum atomic E-state index is 0.779. The molecule has 0 spiro atoms. The average molecular weight is 232 g/mol. The first-order valence-electron chi connectivity index (χ1n) is 8.23. The van der Waals surface area contributed by atoms with Gasteiger partial charge in [0.15, 0.2) is 0 Å². The van der Waals surface area contributed by atoms with E-state index in [0.29, 0.717) is 0 Å². The van der Waals surface area contributed by atoms with Crippen LogP contribution in [-0.4, -0.2) is 0 Å². The fourth-order valence-electron chi connectivity index (χ4n) is 6.76. The zero-order valence-electron chi connectivity index (χ0n) is 11.5. The maximum atomic E-state index is 2.61. The largest absolute Gasteiger partial charge is 0.0596 e. The molecule has 5 aliphatic carbocycles. The minimum Gasteiger partial charge on any atom is -0.0596 e. The summed E-state index contributed by atoms with van der Waals surface area (Å²) in [6, 6.07) is 0. The molecule has 0 radical (unpaired) electrons. The van der Waals surface area contributed by atoms with Crippen LogP contribution in [0.5, 0.6) is 0 Å². The van der Waals surface area contributed by atoms with Gasteiger partial charge in [-0.3, -0.25) is 0 Å². The van der Waals surface area contributed by atoms with E-state index in [0.717, 1.165) is 29.1 Å². The molecule has 96 valence electrons. The topological polar surface area (TPSA) is 0 Å². The highest BCUT2D eigenvalue weighted by Gasteiger charge is 2.54. The van der Waals surface area contributed by atoms with Crippen LogP contribution in [0.25, 0.3) is 0 Å². The molecule has 0 heterocycles. The maximum absolute atomic E-state index is 2.61. The first kappa shape index (κ1) is 10.9. The van der Waals surface area contributed by atoms with Crippen LogP contribution in [0.15, 0.2) is 0 Å². The molecule has 0 N–H and O–H groups in total. The molecule has 3 unspecified atom stereocenters. The molecule has 0 nitrogen and oxygen atoms in total. The van der Waals surface area contributed by atoms with Gasteiger partial charge in [0.2, 0.25) is 0 Å². The van der Waals surface area contributed by atoms with Gasteiger partial charge in [-0.15, -0.1) is 0 Å². The van der Waals surface area contributed by atoms with E-state index in [2.05, 4.69) is 6.92 Å². The van der Waals surface area contributed by atoms with Gasteiger partial charge < -0.3 is 0 Å². The summed E-state index contributed by atoms with van der Waals surface area (Å²) in [4.78, 5) is 0. The predicted octanol–water partition coefficient (Wildman–Crippen LogP) is 5.03. The SMILES string of the molecule is CC12CC3C[C@H](C1)C(C1CCCCC1)[C@@H](C3)C2. The third kappa shape index (κ3) is 1.70. The summed E-state index contributed by atoms with van der Waals surface area (Å²) >= 11 is 0. The molecule has 5 fully saturated rings. The summed E-state index contributed by atoms with van der Waals surface area (Å²) in [5.41, 5.74) is 0.779. The Labute approximate surface area is 107 Å². The summed E-state index contributed by atoms with van der Waals surface area (Å²) in [5.74, 6) is 5.74. The number of hydrogen-bond donors (Lipinski definition) is 0. The number of rotatable bonds is 1. The third-order valence-electron chi connectivity index (χ3n) is 6.85. The minimum absolute atomic E-state index is 0.779. The van der Waals surface area contributed by atoms with Gasteiger partial charge in [-0.2, -0.15) is 0 Å². The highest BCUT2D eigenvalue weighted by atomic mass is 14.6. The Morgan fingerprint density at radius 1 is 0.765 bits per heavy atom. The van der Waals surface area contributed by atoms with Crippen molar-refractivity contribution < 1.29 is 0 Å². The molecule has 4 bridgehead atoms. The van der Waals surface area contributed by atoms with Gasteiger partial charge in [-0.1, -0.05) is 39.0 Å². The van der Waals surface area contributed by atoms with Crippen LogP contribution in [0.3, 0.4) is 0 Å². The van der Waals surface area contributed by atoms with E-state index in [1.807, 2.05) is 0 Å². The van der Waals surface area contributed by atoms with Crippen LogP contribution in [0, 0.1) is 35.0 Å². The standard InChI is InChI=1S/C17H28/c1-17-9-12-7-14(10-17)16(15(8-12)11-17)13-5-3-2-4-6-13/h12-16H,2-11H2,1H3/t12?,14-,15+,16?,17?. The first-order chi connectivity index (χ1) is 8.23. The van der Waals surface area contributed by atoms with Gasteiger partial charge in [0, 0.05) is 0 Å². The Bertz CT molecular complexity index is 283. The smallest absolute Gasteiger partial charge is 0.0318 e. The lowest BCUT2D eigenvalue weighted by Gasteiger charge is -2.61. The van der Waals surface area contributed by atoms with E-state index in [-0.39, 0.29) is 0 Å². The summed E-state index contributed by atoms with van der Waals surface area (Å²) in [7, 11) is 0. The van der Waals surface area contributed by atoms with Crippen molar-refractivity contribution in [3.8, 4) is 0 Å². The highest BCUT2D eigenvalue weighted by molar-refractivity contribution is 5.04. The summed E-state index contributed by atoms with van der Waals surface area (Å²) in [6.45, 7) is 2.61. The molecule has 0 aromatic heterocycles. The second-order valence-corrected chi connectivity index (χ2v) is 8.26. The molecule has 0 amide bonds. The molecular weight excluding hydrogens is 204 g/mol. The van der Waals surface area contributed by atoms with E-state index < -0.39 is 0 Å². The molecule has 0 aromatic rings. The van der Waals surface area contributed by atoms with E-state index in [4.69, 9.17) is 0 Å². The van der Waals surface area contributed by atoms with E-state index in [9.17, 15) is 0 Å². The van der Waals surface area contributed by atoms with Crippen LogP contribution in [0.2, 0.25) is 0 Å². The Morgan fingerprint density at radius 2 is 1.41 bits per heavy atom. The Morgan fingerprint density at radius 3 is 2.00 bits per heavy atom. The quantitative estimate of drug-likeness (QED) is 0.595. The van der Waals surface area contributed by atoms with Crippen LogP contribution in [0.4, 0.5) is 0 Å². The maximum Gasteiger partial charge on any atom is -0.0318 e. The molecule has 5 aliphatic rings. The monoisotopic (exact) mass is 232 g/mol. The van der Waals surface area contributed by atoms with Crippen LogP contribution in [0.1, 0.15) is 71.1 Å². The van der Waals surface area contributed by atoms with Crippen LogP contribution >= 0.6 is 0 Å². The van der Waals surface area contributed by atoms with Crippen LogP contribution < -0.4 is 0 Å². The van der Waals surface area contributed by atoms with Gasteiger partial charge >= 0.3 is 0 Å². The Balaban J connectivity index is 1.57. The van der Waals surface area contributed by atoms with Gasteiger partial charge in [0.25, 0.3) is 0 Å². The first-order valence-corrected chi connectivity index (χ1v) is 8.23. The van der Waals surface area contributed by atoms with Gasteiger partial charge in [0.1, 0.15) is 0 Å². The third-order valence-corrected chi connectivity index (χ3v) is 6.85. The fraction of sp³-hybridized carbons (Fsp3) is 1.00. The molecule has 0 aromatic carbocycles. The lowest BCUT2D eigenvalue weighted by molar-refractivity contribution is -0.109. The van der Waals surface area contributed by atoms with E-state index >= 15 is 0 Å². The number of hydrogen-bond acceptors (Lipinski definition) is 0. The van der Waals surface area contributed by atoms with Crippen molar-refractivity contribution >= 4 is 0 Å². The summed E-state index contributed by atoms with van der Waals surface area (Å²) in [6.07, 6.45) is 15.8. The van der Waals surface area contributed by atoms with Crippen molar-refractivity contribution in [3.05, 3.63) is 0 Å². The molecular formula is C17H28. The molecule has 0 saturated heterocycles. The average Bonchev–Trinajstić information content (AvgIpc) is 2.27. The Hall–Kier alpha value is 0. The second-order valence-electron chi connectivity index (χ2n) is 8.26. The second kappa shape index (κ2) is 3.75. The molecule has 0 aliphatic heterocycles. The van der Waals surface area contributed by atoms with Crippen molar-refractivity contribution in [2.24, 2.45) is 35.0 Å². The fourth-order valence-corrected chi connectivity index (χ4v) is 6.76.